The molecule has 0 aliphatic carbocycles. The fraction of sp³-hybridized carbons (Fsp3) is 0.435. The van der Waals surface area contributed by atoms with E-state index in [1.54, 1.807) is 21.3 Å². The number of ether oxygens (including phenoxy) is 3. The van der Waals surface area contributed by atoms with E-state index in [9.17, 15) is 0 Å². The average molecular weight is 415 g/mol. The number of aliphatic imine (C=N–C) groups is 1. The highest BCUT2D eigenvalue weighted by molar-refractivity contribution is 5.79. The molecule has 0 fully saturated rings. The van der Waals surface area contributed by atoms with Gasteiger partial charge in [-0.2, -0.15) is 0 Å². The van der Waals surface area contributed by atoms with Gasteiger partial charge in [-0.15, -0.1) is 0 Å². The Labute approximate surface area is 180 Å². The molecule has 2 aromatic carbocycles. The molecule has 0 amide bonds. The summed E-state index contributed by atoms with van der Waals surface area (Å²) in [5, 5.41) is 6.73. The molecule has 0 heterocycles. The zero-order valence-electron chi connectivity index (χ0n) is 18.8. The number of para-hydroxylation sites is 2. The molecule has 2 atom stereocenters. The molecule has 0 aliphatic rings. The fourth-order valence-corrected chi connectivity index (χ4v) is 3.05. The summed E-state index contributed by atoms with van der Waals surface area (Å²) in [6.45, 7) is 3.32. The number of hydrogen-bond acceptors (Lipinski definition) is 5. The molecule has 164 valence electrons. The highest BCUT2D eigenvalue weighted by Gasteiger charge is 2.15. The Morgan fingerprint density at radius 3 is 2.13 bits per heavy atom. The van der Waals surface area contributed by atoms with E-state index in [4.69, 9.17) is 14.2 Å². The predicted molar refractivity (Wildman–Crippen MR) is 122 cm³/mol. The molecular formula is C23H34N4O3. The molecule has 2 aromatic rings. The predicted octanol–water partition coefficient (Wildman–Crippen LogP) is 2.94. The zero-order chi connectivity index (χ0) is 21.9. The third-order valence-electron chi connectivity index (χ3n) is 4.76. The molecule has 2 rings (SSSR count). The van der Waals surface area contributed by atoms with Crippen molar-refractivity contribution in [2.24, 2.45) is 4.99 Å². The Morgan fingerprint density at radius 2 is 1.57 bits per heavy atom. The van der Waals surface area contributed by atoms with Crippen LogP contribution < -0.4 is 24.8 Å². The Kier molecular flexibility index (Phi) is 9.28. The second kappa shape index (κ2) is 11.9. The van der Waals surface area contributed by atoms with Crippen LogP contribution in [0.3, 0.4) is 0 Å². The number of nitrogens with one attached hydrogen (secondary N) is 2. The third kappa shape index (κ3) is 6.84. The van der Waals surface area contributed by atoms with Crippen LogP contribution in [0.25, 0.3) is 0 Å². The van der Waals surface area contributed by atoms with Crippen LogP contribution in [0.2, 0.25) is 0 Å². The van der Waals surface area contributed by atoms with Gasteiger partial charge in [0.2, 0.25) is 0 Å². The van der Waals surface area contributed by atoms with E-state index in [1.165, 1.54) is 5.56 Å². The van der Waals surface area contributed by atoms with Gasteiger partial charge in [-0.25, -0.2) is 0 Å². The highest BCUT2D eigenvalue weighted by Crippen LogP contribution is 2.26. The maximum atomic E-state index is 6.00. The van der Waals surface area contributed by atoms with Crippen molar-refractivity contribution in [2.75, 3.05) is 48.5 Å². The first kappa shape index (κ1) is 23.3. The van der Waals surface area contributed by atoms with E-state index in [1.807, 2.05) is 43.3 Å². The first-order valence-corrected chi connectivity index (χ1v) is 10.0. The lowest BCUT2D eigenvalue weighted by Gasteiger charge is -2.26. The van der Waals surface area contributed by atoms with Gasteiger partial charge in [-0.1, -0.05) is 24.3 Å². The standard InChI is InChI=1S/C23H34N4O3/c1-17(30-22-10-8-7-9-21(22)29-6)15-25-23(24-2)26-16-20(27(3)4)18-11-13-19(28-5)14-12-18/h7-14,17,20H,15-16H2,1-6H3,(H2,24,25,26). The molecule has 0 aromatic heterocycles. The van der Waals surface area contributed by atoms with Crippen LogP contribution in [-0.4, -0.2) is 65.4 Å². The van der Waals surface area contributed by atoms with Crippen molar-refractivity contribution in [1.82, 2.24) is 15.5 Å². The molecule has 2 N–H and O–H groups in total. The van der Waals surface area contributed by atoms with Gasteiger partial charge in [0.05, 0.1) is 26.8 Å². The Morgan fingerprint density at radius 1 is 0.933 bits per heavy atom. The normalized spacial score (nSPS) is 13.5. The molecule has 0 aliphatic heterocycles. The molecule has 0 radical (unpaired) electrons. The molecule has 0 saturated heterocycles. The molecule has 30 heavy (non-hydrogen) atoms. The summed E-state index contributed by atoms with van der Waals surface area (Å²) < 4.78 is 16.6. The number of hydrogen-bond donors (Lipinski definition) is 2. The summed E-state index contributed by atoms with van der Waals surface area (Å²) in [6.07, 6.45) is -0.0638. The molecule has 2 unspecified atom stereocenters. The number of rotatable bonds is 10. The number of nitrogens with zero attached hydrogens (tertiary/aromatic N) is 2. The van der Waals surface area contributed by atoms with Crippen LogP contribution in [-0.2, 0) is 0 Å². The van der Waals surface area contributed by atoms with Crippen molar-refractivity contribution in [1.29, 1.82) is 0 Å². The van der Waals surface area contributed by atoms with Gasteiger partial charge in [-0.3, -0.25) is 4.99 Å². The minimum Gasteiger partial charge on any atom is -0.497 e. The fourth-order valence-electron chi connectivity index (χ4n) is 3.05. The quantitative estimate of drug-likeness (QED) is 0.460. The molecule has 0 saturated carbocycles. The van der Waals surface area contributed by atoms with Crippen LogP contribution in [0.15, 0.2) is 53.5 Å². The van der Waals surface area contributed by atoms with E-state index in [0.29, 0.717) is 13.1 Å². The third-order valence-corrected chi connectivity index (χ3v) is 4.76. The van der Waals surface area contributed by atoms with Crippen LogP contribution in [0.5, 0.6) is 17.2 Å². The van der Waals surface area contributed by atoms with E-state index in [2.05, 4.69) is 46.8 Å². The van der Waals surface area contributed by atoms with Crippen molar-refractivity contribution >= 4 is 5.96 Å². The van der Waals surface area contributed by atoms with E-state index in [-0.39, 0.29) is 12.1 Å². The summed E-state index contributed by atoms with van der Waals surface area (Å²) in [5.41, 5.74) is 1.21. The number of guanidine groups is 1. The second-order valence-electron chi connectivity index (χ2n) is 7.17. The summed E-state index contributed by atoms with van der Waals surface area (Å²) >= 11 is 0. The SMILES string of the molecule is CN=C(NCC(C)Oc1ccccc1OC)NCC(c1ccc(OC)cc1)N(C)C. The topological polar surface area (TPSA) is 67.4 Å². The van der Waals surface area contributed by atoms with E-state index >= 15 is 0 Å². The second-order valence-corrected chi connectivity index (χ2v) is 7.17. The lowest BCUT2D eigenvalue weighted by molar-refractivity contribution is 0.213. The van der Waals surface area contributed by atoms with Crippen LogP contribution in [0.4, 0.5) is 0 Å². The maximum Gasteiger partial charge on any atom is 0.191 e. The number of methoxy groups -OCH3 is 2. The summed E-state index contributed by atoms with van der Waals surface area (Å²) in [7, 11) is 9.21. The lowest BCUT2D eigenvalue weighted by Crippen LogP contribution is -2.44. The van der Waals surface area contributed by atoms with Gasteiger partial charge in [0.1, 0.15) is 11.9 Å². The minimum atomic E-state index is -0.0638. The summed E-state index contributed by atoms with van der Waals surface area (Å²) in [5.74, 6) is 3.03. The van der Waals surface area contributed by atoms with Gasteiger partial charge in [0.25, 0.3) is 0 Å². The van der Waals surface area contributed by atoms with Gasteiger partial charge in [-0.05, 0) is 50.8 Å². The van der Waals surface area contributed by atoms with Crippen molar-refractivity contribution < 1.29 is 14.2 Å². The van der Waals surface area contributed by atoms with Gasteiger partial charge < -0.3 is 29.7 Å². The van der Waals surface area contributed by atoms with Crippen LogP contribution >= 0.6 is 0 Å². The van der Waals surface area contributed by atoms with E-state index < -0.39 is 0 Å². The first-order valence-electron chi connectivity index (χ1n) is 10.0. The van der Waals surface area contributed by atoms with E-state index in [0.717, 1.165) is 23.2 Å². The minimum absolute atomic E-state index is 0.0638. The molecule has 0 spiro atoms. The molecule has 7 heteroatoms. The Balaban J connectivity index is 1.89. The average Bonchev–Trinajstić information content (AvgIpc) is 2.76. The van der Waals surface area contributed by atoms with Crippen molar-refractivity contribution in [3.63, 3.8) is 0 Å². The molecule has 0 bridgehead atoms. The van der Waals surface area contributed by atoms with Gasteiger partial charge in [0.15, 0.2) is 17.5 Å². The monoisotopic (exact) mass is 414 g/mol. The maximum absolute atomic E-state index is 6.00. The largest absolute Gasteiger partial charge is 0.497 e. The summed E-state index contributed by atoms with van der Waals surface area (Å²) in [4.78, 5) is 6.50. The zero-order valence-corrected chi connectivity index (χ0v) is 18.8. The smallest absolute Gasteiger partial charge is 0.191 e. The van der Waals surface area contributed by atoms with Crippen molar-refractivity contribution in [3.8, 4) is 17.2 Å². The first-order chi connectivity index (χ1) is 14.5. The summed E-state index contributed by atoms with van der Waals surface area (Å²) in [6, 6.07) is 16.0. The molecular weight excluding hydrogens is 380 g/mol. The lowest BCUT2D eigenvalue weighted by atomic mass is 10.1. The number of benzene rings is 2. The van der Waals surface area contributed by atoms with Gasteiger partial charge >= 0.3 is 0 Å². The number of likely N-dealkylation sites (N-methyl/N-ethyl adjacent to an activating group) is 1. The van der Waals surface area contributed by atoms with Crippen LogP contribution in [0, 0.1) is 0 Å². The highest BCUT2D eigenvalue weighted by atomic mass is 16.5. The van der Waals surface area contributed by atoms with Gasteiger partial charge in [0, 0.05) is 13.6 Å². The van der Waals surface area contributed by atoms with Crippen molar-refractivity contribution in [3.05, 3.63) is 54.1 Å². The Hall–Kier alpha value is -2.93. The van der Waals surface area contributed by atoms with Crippen LogP contribution in [0.1, 0.15) is 18.5 Å². The Bertz CT molecular complexity index is 793. The molecule has 7 nitrogen and oxygen atoms in total. The van der Waals surface area contributed by atoms with Crippen molar-refractivity contribution in [2.45, 2.75) is 19.1 Å².